The fraction of sp³-hybridized carbons (Fsp3) is 0.263. The molecule has 3 rings (SSSR count). The summed E-state index contributed by atoms with van der Waals surface area (Å²) in [5.41, 5.74) is 2.09. The van der Waals surface area contributed by atoms with Crippen molar-refractivity contribution in [2.24, 2.45) is 0 Å². The second-order valence-corrected chi connectivity index (χ2v) is 6.30. The van der Waals surface area contributed by atoms with Crippen LogP contribution >= 0.6 is 11.6 Å². The molecule has 0 bridgehead atoms. The topological polar surface area (TPSA) is 61.4 Å². The molecule has 0 aliphatic heterocycles. The lowest BCUT2D eigenvalue weighted by Gasteiger charge is -2.11. The second kappa shape index (κ2) is 7.15. The van der Waals surface area contributed by atoms with Crippen molar-refractivity contribution in [3.05, 3.63) is 73.5 Å². The van der Waals surface area contributed by atoms with Crippen LogP contribution in [0.2, 0.25) is 5.02 Å². The van der Waals surface area contributed by atoms with Crippen LogP contribution in [0, 0.1) is 13.8 Å². The lowest BCUT2D eigenvalue weighted by molar-refractivity contribution is 0.296. The number of hydrogen-bond donors (Lipinski definition) is 0. The number of aromatic nitrogens is 1. The van der Waals surface area contributed by atoms with Gasteiger partial charge in [-0.1, -0.05) is 23.7 Å². The van der Waals surface area contributed by atoms with E-state index >= 15 is 0 Å². The van der Waals surface area contributed by atoms with Crippen LogP contribution in [-0.4, -0.2) is 11.2 Å². The van der Waals surface area contributed by atoms with E-state index in [1.165, 1.54) is 10.1 Å². The zero-order valence-electron chi connectivity index (χ0n) is 14.0. The fourth-order valence-corrected chi connectivity index (χ4v) is 2.93. The predicted molar refractivity (Wildman–Crippen MR) is 97.8 cm³/mol. The van der Waals surface area contributed by atoms with Gasteiger partial charge in [0.05, 0.1) is 22.5 Å². The van der Waals surface area contributed by atoms with Gasteiger partial charge in [-0.15, -0.1) is 0 Å². The molecule has 1 aromatic heterocycles. The number of rotatable bonds is 5. The summed E-state index contributed by atoms with van der Waals surface area (Å²) >= 11 is 6.18. The van der Waals surface area contributed by atoms with E-state index in [-0.39, 0.29) is 0 Å². The fourth-order valence-electron chi connectivity index (χ4n) is 2.65. The molecule has 6 heteroatoms. The first-order valence-electron chi connectivity index (χ1n) is 7.99. The summed E-state index contributed by atoms with van der Waals surface area (Å²) in [6.45, 7) is 4.85. The minimum Gasteiger partial charge on any atom is -0.494 e. The van der Waals surface area contributed by atoms with Crippen molar-refractivity contribution in [1.29, 1.82) is 0 Å². The van der Waals surface area contributed by atoms with E-state index in [4.69, 9.17) is 20.8 Å². The van der Waals surface area contributed by atoms with Gasteiger partial charge in [0, 0.05) is 6.54 Å². The molecular weight excluding hydrogens is 342 g/mol. The van der Waals surface area contributed by atoms with Crippen LogP contribution in [0.5, 0.6) is 5.75 Å². The van der Waals surface area contributed by atoms with Crippen molar-refractivity contribution < 1.29 is 9.15 Å². The summed E-state index contributed by atoms with van der Waals surface area (Å²) < 4.78 is 11.9. The Hall–Kier alpha value is -2.53. The van der Waals surface area contributed by atoms with Gasteiger partial charge in [0.25, 0.3) is 0 Å². The molecule has 0 atom stereocenters. The number of hydrogen-bond acceptors (Lipinski definition) is 4. The molecule has 0 aliphatic carbocycles. The number of nitrogens with zero attached hydrogens (tertiary/aromatic N) is 1. The zero-order chi connectivity index (χ0) is 18.0. The van der Waals surface area contributed by atoms with Crippen LogP contribution in [0.3, 0.4) is 0 Å². The van der Waals surface area contributed by atoms with Gasteiger partial charge in [-0.2, -0.15) is 0 Å². The maximum absolute atomic E-state index is 12.0. The molecule has 25 heavy (non-hydrogen) atoms. The summed E-state index contributed by atoms with van der Waals surface area (Å²) in [5.74, 6) is 0.0784. The van der Waals surface area contributed by atoms with Gasteiger partial charge in [-0.3, -0.25) is 4.57 Å². The third-order valence-corrected chi connectivity index (χ3v) is 4.46. The van der Waals surface area contributed by atoms with E-state index in [1.807, 2.05) is 32.0 Å². The molecule has 0 saturated heterocycles. The summed E-state index contributed by atoms with van der Waals surface area (Å²) in [5, 5.41) is 0.639. The first-order chi connectivity index (χ1) is 12.0. The van der Waals surface area contributed by atoms with Crippen molar-refractivity contribution in [3.63, 3.8) is 0 Å². The monoisotopic (exact) mass is 359 g/mol. The number of benzene rings is 2. The minimum atomic E-state index is -0.711. The number of ether oxygens (including phenoxy) is 1. The highest BCUT2D eigenvalue weighted by Gasteiger charge is 2.12. The van der Waals surface area contributed by atoms with Gasteiger partial charge in [-0.25, -0.2) is 9.59 Å². The van der Waals surface area contributed by atoms with Gasteiger partial charge < -0.3 is 9.15 Å². The Labute approximate surface area is 149 Å². The van der Waals surface area contributed by atoms with Crippen LogP contribution in [0.4, 0.5) is 0 Å². The molecule has 0 aliphatic rings. The molecule has 3 aromatic rings. The molecule has 1 heterocycles. The Kier molecular flexibility index (Phi) is 4.95. The second-order valence-electron chi connectivity index (χ2n) is 5.89. The van der Waals surface area contributed by atoms with E-state index in [0.29, 0.717) is 35.5 Å². The number of aryl methyl sites for hydroxylation is 3. The first kappa shape index (κ1) is 17.3. The highest BCUT2D eigenvalue weighted by molar-refractivity contribution is 6.35. The third kappa shape index (κ3) is 3.61. The predicted octanol–water partition coefficient (Wildman–Crippen LogP) is 3.69. The van der Waals surface area contributed by atoms with Crippen LogP contribution in [0.1, 0.15) is 17.5 Å². The SMILES string of the molecule is Cc1ccc(OCCCn2c(=O)oc(=O)c3cccc(Cl)c32)cc1C. The normalized spacial score (nSPS) is 11.0. The summed E-state index contributed by atoms with van der Waals surface area (Å²) in [4.78, 5) is 23.9. The van der Waals surface area contributed by atoms with Gasteiger partial charge in [0.2, 0.25) is 0 Å². The molecule has 0 fully saturated rings. The van der Waals surface area contributed by atoms with Gasteiger partial charge in [0.1, 0.15) is 5.75 Å². The van der Waals surface area contributed by atoms with E-state index in [1.54, 1.807) is 18.2 Å². The molecule has 0 amide bonds. The number of fused-ring (bicyclic) bond motifs is 1. The quantitative estimate of drug-likeness (QED) is 0.652. The van der Waals surface area contributed by atoms with E-state index in [9.17, 15) is 9.59 Å². The highest BCUT2D eigenvalue weighted by atomic mass is 35.5. The van der Waals surface area contributed by atoms with Crippen molar-refractivity contribution in [2.45, 2.75) is 26.8 Å². The maximum Gasteiger partial charge on any atom is 0.422 e. The molecule has 5 nitrogen and oxygen atoms in total. The average molecular weight is 360 g/mol. The largest absolute Gasteiger partial charge is 0.494 e. The molecule has 0 saturated carbocycles. The number of halogens is 1. The average Bonchev–Trinajstić information content (AvgIpc) is 2.57. The summed E-state index contributed by atoms with van der Waals surface area (Å²) in [6.07, 6.45) is 0.570. The lowest BCUT2D eigenvalue weighted by atomic mass is 10.1. The molecule has 0 N–H and O–H groups in total. The molecule has 130 valence electrons. The maximum atomic E-state index is 12.0. The first-order valence-corrected chi connectivity index (χ1v) is 8.37. The Bertz CT molecular complexity index is 1040. The van der Waals surface area contributed by atoms with Gasteiger partial charge in [0.15, 0.2) is 0 Å². The van der Waals surface area contributed by atoms with Crippen LogP contribution in [0.15, 0.2) is 50.4 Å². The molecule has 0 unspecified atom stereocenters. The summed E-state index contributed by atoms with van der Waals surface area (Å²) in [6, 6.07) is 10.8. The van der Waals surface area contributed by atoms with Crippen LogP contribution in [-0.2, 0) is 6.54 Å². The molecule has 2 aromatic carbocycles. The Morgan fingerprint density at radius 1 is 1.12 bits per heavy atom. The molecular formula is C19H18ClNO4. The van der Waals surface area contributed by atoms with Gasteiger partial charge >= 0.3 is 11.4 Å². The minimum absolute atomic E-state index is 0.294. The van der Waals surface area contributed by atoms with E-state index in [2.05, 4.69) is 0 Å². The van der Waals surface area contributed by atoms with E-state index < -0.39 is 11.4 Å². The Morgan fingerprint density at radius 3 is 2.68 bits per heavy atom. The van der Waals surface area contributed by atoms with E-state index in [0.717, 1.165) is 11.3 Å². The van der Waals surface area contributed by atoms with Crippen molar-refractivity contribution in [3.8, 4) is 5.75 Å². The van der Waals surface area contributed by atoms with Crippen LogP contribution < -0.4 is 16.1 Å². The smallest absolute Gasteiger partial charge is 0.422 e. The van der Waals surface area contributed by atoms with Crippen molar-refractivity contribution in [1.82, 2.24) is 4.57 Å². The number of para-hydroxylation sites is 1. The molecule has 0 spiro atoms. The highest BCUT2D eigenvalue weighted by Crippen LogP contribution is 2.20. The Morgan fingerprint density at radius 2 is 1.92 bits per heavy atom. The third-order valence-electron chi connectivity index (χ3n) is 4.15. The van der Waals surface area contributed by atoms with Gasteiger partial charge in [-0.05, 0) is 55.7 Å². The zero-order valence-corrected chi connectivity index (χ0v) is 14.8. The Balaban J connectivity index is 1.76. The van der Waals surface area contributed by atoms with Crippen LogP contribution in [0.25, 0.3) is 10.9 Å². The van der Waals surface area contributed by atoms with Crippen molar-refractivity contribution >= 4 is 22.5 Å². The summed E-state index contributed by atoms with van der Waals surface area (Å²) in [7, 11) is 0. The van der Waals surface area contributed by atoms with Crippen molar-refractivity contribution in [2.75, 3.05) is 6.61 Å². The molecule has 0 radical (unpaired) electrons. The lowest BCUT2D eigenvalue weighted by Crippen LogP contribution is -2.26. The standard InChI is InChI=1S/C19H18ClNO4/c1-12-7-8-14(11-13(12)2)24-10-4-9-21-17-15(5-3-6-16(17)20)18(22)25-19(21)23/h3,5-8,11H,4,9-10H2,1-2H3.